The molecule has 0 aliphatic carbocycles. The van der Waals surface area contributed by atoms with Crippen LogP contribution in [0.5, 0.6) is 0 Å². The maximum atomic E-state index is 12.7. The van der Waals surface area contributed by atoms with E-state index >= 15 is 0 Å². The van der Waals surface area contributed by atoms with Crippen LogP contribution >= 0.6 is 15.9 Å². The topological polar surface area (TPSA) is 50.2 Å². The lowest BCUT2D eigenvalue weighted by Crippen LogP contribution is -2.34. The predicted molar refractivity (Wildman–Crippen MR) is 116 cm³/mol. The minimum absolute atomic E-state index is 0.00983. The van der Waals surface area contributed by atoms with E-state index in [1.807, 2.05) is 31.2 Å². The van der Waals surface area contributed by atoms with Crippen molar-refractivity contribution in [3.63, 3.8) is 0 Å². The number of nitrogens with one attached hydrogen (secondary N) is 1. The van der Waals surface area contributed by atoms with E-state index in [2.05, 4.69) is 55.8 Å². The minimum Gasteiger partial charge on any atom is -0.327 e. The lowest BCUT2D eigenvalue weighted by molar-refractivity contribution is -0.117. The molecule has 1 aliphatic heterocycles. The van der Waals surface area contributed by atoms with Crippen molar-refractivity contribution in [1.82, 2.24) is 14.5 Å². The second-order valence-electron chi connectivity index (χ2n) is 7.36. The molecule has 1 fully saturated rings. The molecule has 1 atom stereocenters. The first-order valence-electron chi connectivity index (χ1n) is 9.82. The Hall–Kier alpha value is -2.18. The molecule has 5 nitrogen and oxygen atoms in total. The highest BCUT2D eigenvalue weighted by molar-refractivity contribution is 9.10. The highest BCUT2D eigenvalue weighted by atomic mass is 79.9. The van der Waals surface area contributed by atoms with Gasteiger partial charge in [-0.3, -0.25) is 9.69 Å². The number of hydrogen-bond acceptors (Lipinski definition) is 3. The summed E-state index contributed by atoms with van der Waals surface area (Å²) in [6.07, 6.45) is 2.12. The Labute approximate surface area is 173 Å². The largest absolute Gasteiger partial charge is 0.327 e. The van der Waals surface area contributed by atoms with Crippen LogP contribution in [0.15, 0.2) is 46.9 Å². The number of anilines is 1. The van der Waals surface area contributed by atoms with Crippen molar-refractivity contribution in [2.24, 2.45) is 0 Å². The number of aromatic nitrogens is 2. The molecule has 2 aromatic carbocycles. The molecule has 0 spiro atoms. The van der Waals surface area contributed by atoms with Gasteiger partial charge in [-0.1, -0.05) is 18.2 Å². The summed E-state index contributed by atoms with van der Waals surface area (Å²) in [5, 5.41) is 3.04. The third-order valence-electron chi connectivity index (χ3n) is 5.41. The van der Waals surface area contributed by atoms with Crippen LogP contribution in [0.25, 0.3) is 11.0 Å². The van der Waals surface area contributed by atoms with Crippen molar-refractivity contribution in [2.45, 2.75) is 39.3 Å². The SMILES string of the molecule is CCn1c(C2CCCN2CC(=O)Nc2ccc(C)cc2Br)nc2ccccc21. The molecular weight excluding hydrogens is 416 g/mol. The van der Waals surface area contributed by atoms with Crippen molar-refractivity contribution in [3.05, 3.63) is 58.3 Å². The van der Waals surface area contributed by atoms with Gasteiger partial charge in [0.2, 0.25) is 5.91 Å². The third kappa shape index (κ3) is 3.71. The number of likely N-dealkylation sites (tertiary alicyclic amines) is 1. The van der Waals surface area contributed by atoms with E-state index in [9.17, 15) is 4.79 Å². The summed E-state index contributed by atoms with van der Waals surface area (Å²) in [5.74, 6) is 1.08. The summed E-state index contributed by atoms with van der Waals surface area (Å²) >= 11 is 3.53. The number of fused-ring (bicyclic) bond motifs is 1. The minimum atomic E-state index is 0.00983. The molecule has 1 aliphatic rings. The van der Waals surface area contributed by atoms with E-state index in [4.69, 9.17) is 4.98 Å². The number of amides is 1. The summed E-state index contributed by atoms with van der Waals surface area (Å²) < 4.78 is 3.19. The Morgan fingerprint density at radius 3 is 2.89 bits per heavy atom. The average molecular weight is 441 g/mol. The fourth-order valence-corrected chi connectivity index (χ4v) is 4.68. The van der Waals surface area contributed by atoms with Crippen molar-refractivity contribution >= 4 is 38.6 Å². The maximum Gasteiger partial charge on any atom is 0.238 e. The van der Waals surface area contributed by atoms with Crippen LogP contribution in [0, 0.1) is 6.92 Å². The lowest BCUT2D eigenvalue weighted by atomic mass is 10.2. The van der Waals surface area contributed by atoms with Crippen LogP contribution in [-0.4, -0.2) is 33.4 Å². The molecule has 146 valence electrons. The quantitative estimate of drug-likeness (QED) is 0.613. The fourth-order valence-electron chi connectivity index (χ4n) is 4.08. The van der Waals surface area contributed by atoms with E-state index in [-0.39, 0.29) is 11.9 Å². The van der Waals surface area contributed by atoms with Crippen LogP contribution in [0.2, 0.25) is 0 Å². The van der Waals surface area contributed by atoms with Gasteiger partial charge in [0.15, 0.2) is 0 Å². The molecule has 1 saturated heterocycles. The third-order valence-corrected chi connectivity index (χ3v) is 6.06. The fraction of sp³-hybridized carbons (Fsp3) is 0.364. The molecule has 2 heterocycles. The summed E-state index contributed by atoms with van der Waals surface area (Å²) in [5.41, 5.74) is 4.16. The second-order valence-corrected chi connectivity index (χ2v) is 8.22. The maximum absolute atomic E-state index is 12.7. The predicted octanol–water partition coefficient (Wildman–Crippen LogP) is 4.90. The molecule has 0 radical (unpaired) electrons. The Kier molecular flexibility index (Phi) is 5.51. The first-order chi connectivity index (χ1) is 13.6. The summed E-state index contributed by atoms with van der Waals surface area (Å²) in [6.45, 7) is 6.35. The smallest absolute Gasteiger partial charge is 0.238 e. The molecule has 28 heavy (non-hydrogen) atoms. The summed E-state index contributed by atoms with van der Waals surface area (Å²) in [4.78, 5) is 19.9. The first kappa shape index (κ1) is 19.2. The Morgan fingerprint density at radius 2 is 2.11 bits per heavy atom. The summed E-state index contributed by atoms with van der Waals surface area (Å²) in [6, 6.07) is 14.4. The van der Waals surface area contributed by atoms with Crippen LogP contribution < -0.4 is 5.32 Å². The number of benzene rings is 2. The molecule has 4 rings (SSSR count). The normalized spacial score (nSPS) is 17.3. The van der Waals surface area contributed by atoms with Crippen LogP contribution in [0.3, 0.4) is 0 Å². The molecule has 1 amide bonds. The monoisotopic (exact) mass is 440 g/mol. The molecular formula is C22H25BrN4O. The number of carbonyl (C=O) groups is 1. The van der Waals surface area contributed by atoms with Gasteiger partial charge in [-0.05, 0) is 79.0 Å². The number of carbonyl (C=O) groups excluding carboxylic acids is 1. The number of nitrogens with zero attached hydrogens (tertiary/aromatic N) is 3. The van der Waals surface area contributed by atoms with Crippen molar-refractivity contribution in [1.29, 1.82) is 0 Å². The zero-order valence-electron chi connectivity index (χ0n) is 16.3. The lowest BCUT2D eigenvalue weighted by Gasteiger charge is -2.24. The van der Waals surface area contributed by atoms with E-state index in [1.54, 1.807) is 0 Å². The van der Waals surface area contributed by atoms with Gasteiger partial charge in [0.1, 0.15) is 5.82 Å². The zero-order valence-corrected chi connectivity index (χ0v) is 17.9. The van der Waals surface area contributed by atoms with E-state index in [1.165, 1.54) is 5.52 Å². The van der Waals surface area contributed by atoms with Gasteiger partial charge in [0.25, 0.3) is 0 Å². The molecule has 1 N–H and O–H groups in total. The van der Waals surface area contributed by atoms with Gasteiger partial charge in [-0.2, -0.15) is 0 Å². The number of aryl methyl sites for hydroxylation is 2. The molecule has 1 aromatic heterocycles. The van der Waals surface area contributed by atoms with Crippen LogP contribution in [0.1, 0.15) is 37.2 Å². The van der Waals surface area contributed by atoms with Crippen molar-refractivity contribution < 1.29 is 4.79 Å². The molecule has 0 bridgehead atoms. The van der Waals surface area contributed by atoms with Gasteiger partial charge < -0.3 is 9.88 Å². The molecule has 0 saturated carbocycles. The Balaban J connectivity index is 1.53. The Morgan fingerprint density at radius 1 is 1.29 bits per heavy atom. The molecule has 3 aromatic rings. The molecule has 6 heteroatoms. The highest BCUT2D eigenvalue weighted by Gasteiger charge is 2.31. The van der Waals surface area contributed by atoms with Crippen LogP contribution in [-0.2, 0) is 11.3 Å². The Bertz CT molecular complexity index is 1010. The van der Waals surface area contributed by atoms with E-state index < -0.39 is 0 Å². The van der Waals surface area contributed by atoms with E-state index in [0.29, 0.717) is 6.54 Å². The first-order valence-corrected chi connectivity index (χ1v) is 10.6. The van der Waals surface area contributed by atoms with Gasteiger partial charge in [-0.25, -0.2) is 4.98 Å². The van der Waals surface area contributed by atoms with E-state index in [0.717, 1.165) is 53.0 Å². The number of halogens is 1. The number of imidazole rings is 1. The second kappa shape index (κ2) is 8.05. The zero-order chi connectivity index (χ0) is 19.7. The standard InChI is InChI=1S/C22H25BrN4O/c1-3-27-19-8-5-4-7-18(19)25-22(27)20-9-6-12-26(20)14-21(28)24-17-11-10-15(2)13-16(17)23/h4-5,7-8,10-11,13,20H,3,6,9,12,14H2,1-2H3,(H,24,28). The van der Waals surface area contributed by atoms with Crippen LogP contribution in [0.4, 0.5) is 5.69 Å². The van der Waals surface area contributed by atoms with Gasteiger partial charge in [-0.15, -0.1) is 0 Å². The van der Waals surface area contributed by atoms with Gasteiger partial charge >= 0.3 is 0 Å². The number of para-hydroxylation sites is 2. The average Bonchev–Trinajstić information content (AvgIpc) is 3.27. The number of hydrogen-bond donors (Lipinski definition) is 1. The molecule has 1 unspecified atom stereocenters. The highest BCUT2D eigenvalue weighted by Crippen LogP contribution is 2.33. The summed E-state index contributed by atoms with van der Waals surface area (Å²) in [7, 11) is 0. The van der Waals surface area contributed by atoms with Gasteiger partial charge in [0, 0.05) is 11.0 Å². The van der Waals surface area contributed by atoms with Crippen molar-refractivity contribution in [2.75, 3.05) is 18.4 Å². The van der Waals surface area contributed by atoms with Crippen molar-refractivity contribution in [3.8, 4) is 0 Å². The van der Waals surface area contributed by atoms with Gasteiger partial charge in [0.05, 0.1) is 29.3 Å². The number of rotatable bonds is 5.